The first-order valence-corrected chi connectivity index (χ1v) is 10.6. The lowest BCUT2D eigenvalue weighted by molar-refractivity contribution is -0.139. The molecule has 1 aliphatic rings. The minimum Gasteiger partial charge on any atom is -0.482 e. The molecule has 0 aliphatic heterocycles. The van der Waals surface area contributed by atoms with Crippen LogP contribution in [0.5, 0.6) is 5.75 Å². The third-order valence-corrected chi connectivity index (χ3v) is 5.50. The molecule has 162 valence electrons. The molecular formula is C26H24N2O4. The van der Waals surface area contributed by atoms with E-state index in [9.17, 15) is 9.59 Å². The summed E-state index contributed by atoms with van der Waals surface area (Å²) in [5.41, 5.74) is 7.05. The summed E-state index contributed by atoms with van der Waals surface area (Å²) in [6.07, 6.45) is 2.26. The van der Waals surface area contributed by atoms with Gasteiger partial charge in [-0.3, -0.25) is 4.79 Å². The van der Waals surface area contributed by atoms with Gasteiger partial charge in [-0.2, -0.15) is 5.10 Å². The molecule has 0 fully saturated rings. The van der Waals surface area contributed by atoms with Crippen molar-refractivity contribution < 1.29 is 19.4 Å². The molecule has 0 spiro atoms. The molecule has 1 unspecified atom stereocenters. The number of ether oxygens (including phenoxy) is 1. The fourth-order valence-electron chi connectivity index (χ4n) is 4.04. The number of hydrazone groups is 1. The van der Waals surface area contributed by atoms with Gasteiger partial charge in [0, 0.05) is 11.1 Å². The molecule has 0 radical (unpaired) electrons. The lowest BCUT2D eigenvalue weighted by Gasteiger charge is -2.25. The van der Waals surface area contributed by atoms with Gasteiger partial charge in [-0.05, 0) is 36.5 Å². The maximum atomic E-state index is 13.2. The highest BCUT2D eigenvalue weighted by Crippen LogP contribution is 2.36. The van der Waals surface area contributed by atoms with Gasteiger partial charge >= 0.3 is 5.97 Å². The van der Waals surface area contributed by atoms with E-state index in [0.29, 0.717) is 17.9 Å². The van der Waals surface area contributed by atoms with Crippen LogP contribution in [0.15, 0.2) is 84.0 Å². The molecule has 0 heterocycles. The Morgan fingerprint density at radius 1 is 0.938 bits per heavy atom. The van der Waals surface area contributed by atoms with E-state index in [0.717, 1.165) is 35.1 Å². The molecule has 3 aromatic rings. The van der Waals surface area contributed by atoms with Crippen LogP contribution in [-0.4, -0.2) is 29.3 Å². The minimum atomic E-state index is -1.03. The molecule has 0 bridgehead atoms. The number of carboxylic acids is 1. The molecular weight excluding hydrogens is 404 g/mol. The highest BCUT2D eigenvalue weighted by atomic mass is 16.5. The van der Waals surface area contributed by atoms with E-state index in [2.05, 4.69) is 10.5 Å². The summed E-state index contributed by atoms with van der Waals surface area (Å²) in [6.45, 7) is -0.408. The number of nitrogens with one attached hydrogen (secondary N) is 1. The second kappa shape index (κ2) is 9.92. The van der Waals surface area contributed by atoms with Crippen LogP contribution in [0.3, 0.4) is 0 Å². The Kier molecular flexibility index (Phi) is 6.60. The first-order chi connectivity index (χ1) is 15.6. The Morgan fingerprint density at radius 2 is 1.59 bits per heavy atom. The van der Waals surface area contributed by atoms with Gasteiger partial charge in [0.1, 0.15) is 5.75 Å². The first kappa shape index (κ1) is 21.3. The van der Waals surface area contributed by atoms with Crippen LogP contribution in [-0.2, 0) is 16.0 Å². The van der Waals surface area contributed by atoms with Crippen LogP contribution in [0.25, 0.3) is 0 Å². The number of carbonyl (C=O) groups excluding carboxylic acids is 1. The number of carboxylic acid groups (broad SMARTS) is 1. The van der Waals surface area contributed by atoms with E-state index in [-0.39, 0.29) is 11.8 Å². The topological polar surface area (TPSA) is 88.0 Å². The third-order valence-electron chi connectivity index (χ3n) is 5.50. The predicted octanol–water partition coefficient (Wildman–Crippen LogP) is 4.14. The Hall–Kier alpha value is -3.93. The molecule has 3 aromatic carbocycles. The average Bonchev–Trinajstić information content (AvgIpc) is 2.83. The third kappa shape index (κ3) is 4.86. The van der Waals surface area contributed by atoms with Crippen molar-refractivity contribution in [1.82, 2.24) is 5.43 Å². The van der Waals surface area contributed by atoms with E-state index in [4.69, 9.17) is 9.84 Å². The highest BCUT2D eigenvalue weighted by Gasteiger charge is 2.28. The fraction of sp³-hybridized carbons (Fsp3) is 0.192. The lowest BCUT2D eigenvalue weighted by atomic mass is 9.82. The Balaban J connectivity index is 1.59. The SMILES string of the molecule is O=C(O)COc1cccc2c1CCCC2C(=O)NN=C(c1ccccc1)c1ccccc1. The van der Waals surface area contributed by atoms with Gasteiger partial charge in [0.25, 0.3) is 0 Å². The zero-order valence-corrected chi connectivity index (χ0v) is 17.5. The fourth-order valence-corrected chi connectivity index (χ4v) is 4.04. The maximum absolute atomic E-state index is 13.2. The summed E-state index contributed by atoms with van der Waals surface area (Å²) >= 11 is 0. The zero-order valence-electron chi connectivity index (χ0n) is 17.5. The van der Waals surface area contributed by atoms with E-state index >= 15 is 0 Å². The molecule has 6 nitrogen and oxygen atoms in total. The number of hydrogen-bond acceptors (Lipinski definition) is 4. The smallest absolute Gasteiger partial charge is 0.341 e. The molecule has 1 aliphatic carbocycles. The standard InChI is InChI=1S/C26H24N2O4/c29-24(30)17-32-23-16-8-13-20-21(23)14-7-15-22(20)26(31)28-27-25(18-9-3-1-4-10-18)19-11-5-2-6-12-19/h1-6,8-13,16,22H,7,14-15,17H2,(H,28,31)(H,29,30). The monoisotopic (exact) mass is 428 g/mol. The quantitative estimate of drug-likeness (QED) is 0.437. The Bertz CT molecular complexity index is 1090. The first-order valence-electron chi connectivity index (χ1n) is 10.6. The van der Waals surface area contributed by atoms with Gasteiger partial charge in [-0.1, -0.05) is 72.8 Å². The lowest BCUT2D eigenvalue weighted by Crippen LogP contribution is -2.29. The average molecular weight is 428 g/mol. The van der Waals surface area contributed by atoms with Gasteiger partial charge < -0.3 is 9.84 Å². The van der Waals surface area contributed by atoms with Crippen LogP contribution in [0.2, 0.25) is 0 Å². The number of benzene rings is 3. The van der Waals surface area contributed by atoms with Gasteiger partial charge in [0.15, 0.2) is 6.61 Å². The van der Waals surface area contributed by atoms with Crippen molar-refractivity contribution in [2.24, 2.45) is 5.10 Å². The number of carbonyl (C=O) groups is 2. The van der Waals surface area contributed by atoms with E-state index in [1.165, 1.54) is 0 Å². The summed E-state index contributed by atoms with van der Waals surface area (Å²) in [5, 5.41) is 13.4. The van der Waals surface area contributed by atoms with Crippen molar-refractivity contribution >= 4 is 17.6 Å². The van der Waals surface area contributed by atoms with Crippen LogP contribution in [0.1, 0.15) is 41.0 Å². The molecule has 2 N–H and O–H groups in total. The number of aliphatic carboxylic acids is 1. The van der Waals surface area contributed by atoms with E-state index < -0.39 is 12.6 Å². The normalized spacial score (nSPS) is 14.7. The van der Waals surface area contributed by atoms with Crippen molar-refractivity contribution in [1.29, 1.82) is 0 Å². The van der Waals surface area contributed by atoms with E-state index in [1.54, 1.807) is 12.1 Å². The van der Waals surface area contributed by atoms with Crippen LogP contribution >= 0.6 is 0 Å². The summed E-state index contributed by atoms with van der Waals surface area (Å²) in [6, 6.07) is 24.9. The van der Waals surface area contributed by atoms with Gasteiger partial charge in [0.05, 0.1) is 11.6 Å². The molecule has 32 heavy (non-hydrogen) atoms. The largest absolute Gasteiger partial charge is 0.482 e. The van der Waals surface area contributed by atoms with Crippen molar-refractivity contribution in [3.63, 3.8) is 0 Å². The van der Waals surface area contributed by atoms with Crippen molar-refractivity contribution in [3.05, 3.63) is 101 Å². The van der Waals surface area contributed by atoms with Gasteiger partial charge in [-0.25, -0.2) is 10.2 Å². The maximum Gasteiger partial charge on any atom is 0.341 e. The number of amides is 1. The van der Waals surface area contributed by atoms with Gasteiger partial charge in [0.2, 0.25) is 5.91 Å². The number of hydrogen-bond donors (Lipinski definition) is 2. The Morgan fingerprint density at radius 3 is 2.22 bits per heavy atom. The predicted molar refractivity (Wildman–Crippen MR) is 122 cm³/mol. The molecule has 0 saturated heterocycles. The van der Waals surface area contributed by atoms with Crippen molar-refractivity contribution in [2.75, 3.05) is 6.61 Å². The second-order valence-corrected chi connectivity index (χ2v) is 7.62. The van der Waals surface area contributed by atoms with Crippen LogP contribution in [0, 0.1) is 0 Å². The zero-order chi connectivity index (χ0) is 22.3. The molecule has 1 atom stereocenters. The number of nitrogens with zero attached hydrogens (tertiary/aromatic N) is 1. The van der Waals surface area contributed by atoms with Crippen molar-refractivity contribution in [2.45, 2.75) is 25.2 Å². The van der Waals surface area contributed by atoms with Crippen molar-refractivity contribution in [3.8, 4) is 5.75 Å². The Labute approximate surface area is 186 Å². The summed E-state index contributed by atoms with van der Waals surface area (Å²) in [4.78, 5) is 24.0. The van der Waals surface area contributed by atoms with E-state index in [1.807, 2.05) is 66.7 Å². The second-order valence-electron chi connectivity index (χ2n) is 7.62. The number of rotatable bonds is 7. The molecule has 4 rings (SSSR count). The minimum absolute atomic E-state index is 0.189. The molecule has 6 heteroatoms. The van der Waals surface area contributed by atoms with Gasteiger partial charge in [-0.15, -0.1) is 0 Å². The summed E-state index contributed by atoms with van der Waals surface area (Å²) < 4.78 is 5.45. The summed E-state index contributed by atoms with van der Waals surface area (Å²) in [7, 11) is 0. The molecule has 0 saturated carbocycles. The molecule has 1 amide bonds. The van der Waals surface area contributed by atoms with Crippen LogP contribution < -0.4 is 10.2 Å². The number of fused-ring (bicyclic) bond motifs is 1. The highest BCUT2D eigenvalue weighted by molar-refractivity contribution is 6.13. The summed E-state index contributed by atoms with van der Waals surface area (Å²) in [5.74, 6) is -1.06. The van der Waals surface area contributed by atoms with Crippen LogP contribution in [0.4, 0.5) is 0 Å². The molecule has 0 aromatic heterocycles.